The average Bonchev–Trinajstić information content (AvgIpc) is 3.45. The Morgan fingerprint density at radius 2 is 1.80 bits per heavy atom. The quantitative estimate of drug-likeness (QED) is 0.160. The average molecular weight is 553 g/mol. The van der Waals surface area contributed by atoms with Crippen molar-refractivity contribution in [2.75, 3.05) is 10.6 Å². The SMILES string of the molecule is N#Cc1c(-c2cccc(NC(=O)c3ccc(-c4ccccc4[N+](=O)[O-])o3)c2)nc(Nc2ccc(Cl)cc2)[nH]c1=O. The van der Waals surface area contributed by atoms with Gasteiger partial charge in [-0.3, -0.25) is 24.7 Å². The summed E-state index contributed by atoms with van der Waals surface area (Å²) in [6, 6.07) is 24.0. The fourth-order valence-corrected chi connectivity index (χ4v) is 4.02. The molecular weight excluding hydrogens is 536 g/mol. The Hall–Kier alpha value is -5.73. The maximum atomic E-state index is 12.9. The van der Waals surface area contributed by atoms with E-state index in [1.54, 1.807) is 54.6 Å². The van der Waals surface area contributed by atoms with E-state index in [9.17, 15) is 25.0 Å². The number of nitrogens with one attached hydrogen (secondary N) is 3. The molecule has 12 heteroatoms. The molecule has 0 atom stereocenters. The lowest BCUT2D eigenvalue weighted by Gasteiger charge is -2.10. The first-order chi connectivity index (χ1) is 19.3. The van der Waals surface area contributed by atoms with Crippen LogP contribution in [0.1, 0.15) is 16.1 Å². The number of rotatable bonds is 7. The number of nitriles is 1. The molecule has 3 aromatic carbocycles. The highest BCUT2D eigenvalue weighted by Gasteiger charge is 2.20. The monoisotopic (exact) mass is 552 g/mol. The highest BCUT2D eigenvalue weighted by Crippen LogP contribution is 2.31. The summed E-state index contributed by atoms with van der Waals surface area (Å²) in [5.41, 5.74) is 0.699. The molecule has 0 radical (unpaired) electrons. The van der Waals surface area contributed by atoms with Crippen LogP contribution in [0.2, 0.25) is 5.02 Å². The third-order valence-electron chi connectivity index (χ3n) is 5.73. The minimum atomic E-state index is -0.642. The van der Waals surface area contributed by atoms with Crippen LogP contribution in [0.4, 0.5) is 23.0 Å². The number of nitro groups is 1. The van der Waals surface area contributed by atoms with E-state index in [-0.39, 0.29) is 40.0 Å². The fourth-order valence-electron chi connectivity index (χ4n) is 3.90. The predicted molar refractivity (Wildman–Crippen MR) is 148 cm³/mol. The van der Waals surface area contributed by atoms with Crippen molar-refractivity contribution in [3.8, 4) is 28.7 Å². The van der Waals surface area contributed by atoms with Crippen LogP contribution >= 0.6 is 11.6 Å². The van der Waals surface area contributed by atoms with E-state index >= 15 is 0 Å². The number of H-pyrrole nitrogens is 1. The van der Waals surface area contributed by atoms with E-state index in [2.05, 4.69) is 20.6 Å². The number of nitrogens with zero attached hydrogens (tertiary/aromatic N) is 3. The van der Waals surface area contributed by atoms with E-state index in [0.29, 0.717) is 22.0 Å². The Morgan fingerprint density at radius 1 is 1.02 bits per heavy atom. The van der Waals surface area contributed by atoms with Crippen molar-refractivity contribution in [2.24, 2.45) is 0 Å². The van der Waals surface area contributed by atoms with Crippen LogP contribution in [0.15, 0.2) is 94.1 Å². The number of aromatic amines is 1. The number of furan rings is 1. The molecule has 196 valence electrons. The molecule has 0 unspecified atom stereocenters. The van der Waals surface area contributed by atoms with Gasteiger partial charge in [0.1, 0.15) is 17.4 Å². The molecule has 0 aliphatic rings. The van der Waals surface area contributed by atoms with Gasteiger partial charge in [-0.05, 0) is 54.6 Å². The smallest absolute Gasteiger partial charge is 0.291 e. The maximum absolute atomic E-state index is 12.9. The standard InChI is InChI=1S/C28H17ClN6O5/c29-17-8-10-18(11-9-17)32-28-33-25(21(15-30)26(36)34-28)16-4-3-5-19(14-16)31-27(37)24-13-12-23(40-24)20-6-1-2-7-22(20)35(38)39/h1-14H,(H,31,37)(H2,32,33,34,36). The van der Waals surface area contributed by atoms with Crippen molar-refractivity contribution in [2.45, 2.75) is 0 Å². The zero-order valence-corrected chi connectivity index (χ0v) is 21.1. The minimum absolute atomic E-state index is 0.0694. The molecule has 0 aliphatic carbocycles. The number of anilines is 3. The van der Waals surface area contributed by atoms with Crippen LogP contribution in [0, 0.1) is 21.4 Å². The molecule has 0 spiro atoms. The Morgan fingerprint density at radius 3 is 2.55 bits per heavy atom. The third kappa shape index (κ3) is 5.42. The second-order valence-corrected chi connectivity index (χ2v) is 8.79. The number of carbonyl (C=O) groups excluding carboxylic acids is 1. The molecule has 0 saturated heterocycles. The van der Waals surface area contributed by atoms with Gasteiger partial charge in [0.05, 0.1) is 16.2 Å². The molecule has 0 saturated carbocycles. The summed E-state index contributed by atoms with van der Waals surface area (Å²) in [7, 11) is 0. The number of halogens is 1. The van der Waals surface area contributed by atoms with Gasteiger partial charge in [0.2, 0.25) is 5.95 Å². The molecular formula is C28H17ClN6O5. The van der Waals surface area contributed by atoms with E-state index in [1.807, 2.05) is 6.07 Å². The van der Waals surface area contributed by atoms with Crippen molar-refractivity contribution in [1.82, 2.24) is 9.97 Å². The number of hydrogen-bond acceptors (Lipinski definition) is 8. The number of nitro benzene ring substituents is 1. The largest absolute Gasteiger partial charge is 0.451 e. The molecule has 0 aliphatic heterocycles. The topological polar surface area (TPSA) is 167 Å². The van der Waals surface area contributed by atoms with Gasteiger partial charge in [0.25, 0.3) is 17.2 Å². The molecule has 3 N–H and O–H groups in total. The fraction of sp³-hybridized carbons (Fsp3) is 0. The Labute approximate surface area is 230 Å². The Kier molecular flexibility index (Phi) is 7.08. The van der Waals surface area contributed by atoms with E-state index in [0.717, 1.165) is 0 Å². The van der Waals surface area contributed by atoms with Gasteiger partial charge in [-0.25, -0.2) is 4.98 Å². The number of para-hydroxylation sites is 1. The summed E-state index contributed by atoms with van der Waals surface area (Å²) in [6.07, 6.45) is 0. The zero-order valence-electron chi connectivity index (χ0n) is 20.3. The Balaban J connectivity index is 1.41. The normalized spacial score (nSPS) is 10.5. The number of carbonyl (C=O) groups is 1. The molecule has 11 nitrogen and oxygen atoms in total. The maximum Gasteiger partial charge on any atom is 0.291 e. The van der Waals surface area contributed by atoms with Gasteiger partial charge in [-0.15, -0.1) is 0 Å². The second-order valence-electron chi connectivity index (χ2n) is 8.35. The first-order valence-corrected chi connectivity index (χ1v) is 12.0. The van der Waals surface area contributed by atoms with Crippen LogP contribution in [-0.4, -0.2) is 20.8 Å². The summed E-state index contributed by atoms with van der Waals surface area (Å²) >= 11 is 5.92. The lowest BCUT2D eigenvalue weighted by molar-refractivity contribution is -0.384. The Bertz CT molecular complexity index is 1860. The molecule has 0 fully saturated rings. The molecule has 0 bridgehead atoms. The first kappa shape index (κ1) is 25.9. The molecule has 1 amide bonds. The molecule has 2 aromatic heterocycles. The van der Waals surface area contributed by atoms with Crippen LogP contribution < -0.4 is 16.2 Å². The van der Waals surface area contributed by atoms with E-state index < -0.39 is 16.4 Å². The number of hydrogen-bond donors (Lipinski definition) is 3. The zero-order chi connectivity index (χ0) is 28.2. The lowest BCUT2D eigenvalue weighted by atomic mass is 10.1. The number of amides is 1. The van der Waals surface area contributed by atoms with Gasteiger partial charge in [-0.2, -0.15) is 5.26 Å². The number of aromatic nitrogens is 2. The summed E-state index contributed by atoms with van der Waals surface area (Å²) < 4.78 is 5.61. The van der Waals surface area contributed by atoms with Gasteiger partial charge in [0, 0.05) is 28.0 Å². The van der Waals surface area contributed by atoms with Gasteiger partial charge < -0.3 is 15.1 Å². The first-order valence-electron chi connectivity index (χ1n) is 11.6. The summed E-state index contributed by atoms with van der Waals surface area (Å²) in [5.74, 6) is -0.404. The van der Waals surface area contributed by atoms with Crippen molar-refractivity contribution >= 4 is 40.5 Å². The summed E-state index contributed by atoms with van der Waals surface area (Å²) in [6.45, 7) is 0. The minimum Gasteiger partial charge on any atom is -0.451 e. The van der Waals surface area contributed by atoms with Gasteiger partial charge in [0.15, 0.2) is 5.76 Å². The van der Waals surface area contributed by atoms with E-state index in [1.165, 1.54) is 30.3 Å². The van der Waals surface area contributed by atoms with Gasteiger partial charge in [-0.1, -0.05) is 35.9 Å². The van der Waals surface area contributed by atoms with Crippen LogP contribution in [0.5, 0.6) is 0 Å². The van der Waals surface area contributed by atoms with Crippen molar-refractivity contribution in [3.63, 3.8) is 0 Å². The lowest BCUT2D eigenvalue weighted by Crippen LogP contribution is -2.16. The number of benzene rings is 3. The van der Waals surface area contributed by atoms with Crippen molar-refractivity contribution in [1.29, 1.82) is 5.26 Å². The second kappa shape index (κ2) is 10.9. The van der Waals surface area contributed by atoms with Crippen LogP contribution in [-0.2, 0) is 0 Å². The van der Waals surface area contributed by atoms with E-state index in [4.69, 9.17) is 16.0 Å². The molecule has 2 heterocycles. The summed E-state index contributed by atoms with van der Waals surface area (Å²) in [4.78, 5) is 43.3. The highest BCUT2D eigenvalue weighted by atomic mass is 35.5. The predicted octanol–water partition coefficient (Wildman–Crippen LogP) is 6.13. The van der Waals surface area contributed by atoms with Crippen molar-refractivity contribution < 1.29 is 14.1 Å². The van der Waals surface area contributed by atoms with Crippen LogP contribution in [0.25, 0.3) is 22.6 Å². The summed E-state index contributed by atoms with van der Waals surface area (Å²) in [5, 5.41) is 27.2. The molecule has 5 rings (SSSR count). The highest BCUT2D eigenvalue weighted by molar-refractivity contribution is 6.30. The van der Waals surface area contributed by atoms with Crippen molar-refractivity contribution in [3.05, 3.63) is 122 Å². The third-order valence-corrected chi connectivity index (χ3v) is 5.98. The molecule has 5 aromatic rings. The molecule has 40 heavy (non-hydrogen) atoms. The van der Waals surface area contributed by atoms with Crippen LogP contribution in [0.3, 0.4) is 0 Å². The van der Waals surface area contributed by atoms with Gasteiger partial charge >= 0.3 is 0 Å².